The molecule has 0 spiro atoms. The van der Waals surface area contributed by atoms with Gasteiger partial charge in [0.25, 0.3) is 0 Å². The average Bonchev–Trinajstić information content (AvgIpc) is 2.70. The molecule has 6 nitrogen and oxygen atoms in total. The number of nitrogens with one attached hydrogen (secondary N) is 1. The van der Waals surface area contributed by atoms with Crippen LogP contribution in [0.25, 0.3) is 0 Å². The lowest BCUT2D eigenvalue weighted by Crippen LogP contribution is -2.14. The minimum Gasteiger partial charge on any atom is -0.361 e. The van der Waals surface area contributed by atoms with E-state index in [0.717, 1.165) is 17.0 Å². The van der Waals surface area contributed by atoms with Crippen molar-refractivity contribution in [3.05, 3.63) is 56.7 Å². The lowest BCUT2D eigenvalue weighted by molar-refractivity contribution is -0.387. The topological polar surface area (TPSA) is 81.2 Å². The van der Waals surface area contributed by atoms with E-state index in [1.165, 1.54) is 18.2 Å². The van der Waals surface area contributed by atoms with Crippen molar-refractivity contribution < 1.29 is 13.8 Å². The van der Waals surface area contributed by atoms with Gasteiger partial charge in [0.2, 0.25) is 5.82 Å². The van der Waals surface area contributed by atoms with Crippen molar-refractivity contribution in [3.63, 3.8) is 0 Å². The molecule has 106 valence electrons. The first-order valence-corrected chi connectivity index (χ1v) is 6.04. The highest BCUT2D eigenvalue weighted by Gasteiger charge is 2.14. The molecule has 1 N–H and O–H groups in total. The van der Waals surface area contributed by atoms with Crippen LogP contribution in [-0.4, -0.2) is 10.1 Å². The Morgan fingerprint density at radius 2 is 2.15 bits per heavy atom. The number of aryl methyl sites for hydroxylation is 2. The Balaban J connectivity index is 1.98. The van der Waals surface area contributed by atoms with Crippen molar-refractivity contribution >= 4 is 5.69 Å². The van der Waals surface area contributed by atoms with E-state index in [2.05, 4.69) is 10.5 Å². The summed E-state index contributed by atoms with van der Waals surface area (Å²) in [5.41, 5.74) is 1.90. The summed E-state index contributed by atoms with van der Waals surface area (Å²) in [6, 6.07) is 3.86. The van der Waals surface area contributed by atoms with E-state index in [-0.39, 0.29) is 0 Å². The highest BCUT2D eigenvalue weighted by atomic mass is 19.1. The first-order valence-electron chi connectivity index (χ1n) is 6.04. The van der Waals surface area contributed by atoms with Crippen LogP contribution >= 0.6 is 0 Å². The van der Waals surface area contributed by atoms with Crippen LogP contribution in [0.5, 0.6) is 0 Å². The molecule has 1 aromatic carbocycles. The normalized spacial score (nSPS) is 10.8. The number of benzene rings is 1. The van der Waals surface area contributed by atoms with Gasteiger partial charge in [-0.25, -0.2) is 0 Å². The minimum atomic E-state index is -0.827. The highest BCUT2D eigenvalue weighted by Crippen LogP contribution is 2.18. The largest absolute Gasteiger partial charge is 0.361 e. The standard InChI is InChI=1S/C13H14FN3O3/c1-8-11(9(2)20-16-8)7-15-6-10-3-4-13(17(18)19)12(14)5-10/h3-5,15H,6-7H2,1-2H3. The average molecular weight is 279 g/mol. The minimum absolute atomic E-state index is 0.402. The van der Waals surface area contributed by atoms with E-state index in [1.54, 1.807) is 0 Å². The summed E-state index contributed by atoms with van der Waals surface area (Å²) in [6.45, 7) is 4.61. The number of nitro benzene ring substituents is 1. The van der Waals surface area contributed by atoms with Gasteiger partial charge < -0.3 is 9.84 Å². The third-order valence-electron chi connectivity index (χ3n) is 3.02. The number of hydrogen-bond donors (Lipinski definition) is 1. The second-order valence-electron chi connectivity index (χ2n) is 4.45. The number of nitro groups is 1. The number of rotatable bonds is 5. The molecule has 0 aliphatic carbocycles. The third-order valence-corrected chi connectivity index (χ3v) is 3.02. The van der Waals surface area contributed by atoms with E-state index in [0.29, 0.717) is 18.7 Å². The van der Waals surface area contributed by atoms with Gasteiger partial charge in [-0.2, -0.15) is 4.39 Å². The molecule has 1 heterocycles. The van der Waals surface area contributed by atoms with Crippen LogP contribution < -0.4 is 5.32 Å². The van der Waals surface area contributed by atoms with Gasteiger partial charge in [0.1, 0.15) is 5.76 Å². The quantitative estimate of drug-likeness (QED) is 0.672. The summed E-state index contributed by atoms with van der Waals surface area (Å²) in [6.07, 6.45) is 0. The molecule has 0 amide bonds. The van der Waals surface area contributed by atoms with E-state index in [4.69, 9.17) is 4.52 Å². The molecule has 0 saturated heterocycles. The van der Waals surface area contributed by atoms with Crippen LogP contribution in [0.3, 0.4) is 0 Å². The molecular formula is C13H14FN3O3. The van der Waals surface area contributed by atoms with Gasteiger partial charge >= 0.3 is 5.69 Å². The van der Waals surface area contributed by atoms with E-state index in [9.17, 15) is 14.5 Å². The first kappa shape index (κ1) is 14.1. The van der Waals surface area contributed by atoms with Crippen LogP contribution in [0.15, 0.2) is 22.7 Å². The first-order chi connectivity index (χ1) is 9.49. The van der Waals surface area contributed by atoms with Gasteiger partial charge in [-0.3, -0.25) is 10.1 Å². The molecule has 0 unspecified atom stereocenters. The summed E-state index contributed by atoms with van der Waals surface area (Å²) in [4.78, 5) is 9.77. The Morgan fingerprint density at radius 3 is 2.70 bits per heavy atom. The maximum Gasteiger partial charge on any atom is 0.304 e. The molecule has 0 atom stereocenters. The summed E-state index contributed by atoms with van der Waals surface area (Å²) in [5, 5.41) is 17.5. The molecule has 0 bridgehead atoms. The molecular weight excluding hydrogens is 265 g/mol. The predicted octanol–water partition coefficient (Wildman–Crippen LogP) is 2.63. The van der Waals surface area contributed by atoms with Crippen LogP contribution in [-0.2, 0) is 13.1 Å². The summed E-state index contributed by atoms with van der Waals surface area (Å²) >= 11 is 0. The number of aromatic nitrogens is 1. The molecule has 0 radical (unpaired) electrons. The van der Waals surface area contributed by atoms with Gasteiger partial charge in [0.05, 0.1) is 10.6 Å². The second-order valence-corrected chi connectivity index (χ2v) is 4.45. The van der Waals surface area contributed by atoms with E-state index >= 15 is 0 Å². The molecule has 2 rings (SSSR count). The van der Waals surface area contributed by atoms with Gasteiger partial charge in [-0.05, 0) is 25.5 Å². The number of nitrogens with zero attached hydrogens (tertiary/aromatic N) is 2. The van der Waals surface area contributed by atoms with Gasteiger partial charge in [0, 0.05) is 24.7 Å². The molecule has 0 fully saturated rings. The maximum atomic E-state index is 13.4. The fourth-order valence-electron chi connectivity index (χ4n) is 1.89. The monoisotopic (exact) mass is 279 g/mol. The molecule has 2 aromatic rings. The van der Waals surface area contributed by atoms with Crippen molar-refractivity contribution in [2.24, 2.45) is 0 Å². The zero-order valence-electron chi connectivity index (χ0n) is 11.1. The predicted molar refractivity (Wildman–Crippen MR) is 69.6 cm³/mol. The fraction of sp³-hybridized carbons (Fsp3) is 0.308. The Labute approximate surface area is 114 Å². The SMILES string of the molecule is Cc1noc(C)c1CNCc1ccc([N+](=O)[O-])c(F)c1. The van der Waals surface area contributed by atoms with Crippen molar-refractivity contribution in [3.8, 4) is 0 Å². The van der Waals surface area contributed by atoms with Gasteiger partial charge in [-0.15, -0.1) is 0 Å². The zero-order valence-corrected chi connectivity index (χ0v) is 11.1. The molecule has 1 aromatic heterocycles. The van der Waals surface area contributed by atoms with E-state index < -0.39 is 16.4 Å². The van der Waals surface area contributed by atoms with Crippen LogP contribution in [0.2, 0.25) is 0 Å². The fourth-order valence-corrected chi connectivity index (χ4v) is 1.89. The lowest BCUT2D eigenvalue weighted by Gasteiger charge is -2.05. The summed E-state index contributed by atoms with van der Waals surface area (Å²) < 4.78 is 18.5. The maximum absolute atomic E-state index is 13.4. The van der Waals surface area contributed by atoms with Crippen molar-refractivity contribution in [2.45, 2.75) is 26.9 Å². The van der Waals surface area contributed by atoms with Crippen molar-refractivity contribution in [1.29, 1.82) is 0 Å². The molecule has 7 heteroatoms. The lowest BCUT2D eigenvalue weighted by atomic mass is 10.1. The summed E-state index contributed by atoms with van der Waals surface area (Å²) in [7, 11) is 0. The smallest absolute Gasteiger partial charge is 0.304 e. The zero-order chi connectivity index (χ0) is 14.7. The third kappa shape index (κ3) is 3.00. The van der Waals surface area contributed by atoms with Crippen molar-refractivity contribution in [2.75, 3.05) is 0 Å². The van der Waals surface area contributed by atoms with Gasteiger partial charge in [0.15, 0.2) is 0 Å². The Kier molecular flexibility index (Phi) is 4.09. The van der Waals surface area contributed by atoms with Crippen LogP contribution in [0.4, 0.5) is 10.1 Å². The molecule has 0 saturated carbocycles. The van der Waals surface area contributed by atoms with Crippen LogP contribution in [0.1, 0.15) is 22.6 Å². The Morgan fingerprint density at radius 1 is 1.40 bits per heavy atom. The van der Waals surface area contributed by atoms with Gasteiger partial charge in [-0.1, -0.05) is 11.2 Å². The Hall–Kier alpha value is -2.28. The summed E-state index contributed by atoms with van der Waals surface area (Å²) in [5.74, 6) is -0.0866. The molecule has 0 aliphatic heterocycles. The number of hydrogen-bond acceptors (Lipinski definition) is 5. The van der Waals surface area contributed by atoms with E-state index in [1.807, 2.05) is 13.8 Å². The second kappa shape index (κ2) is 5.79. The Bertz CT molecular complexity index is 620. The number of halogens is 1. The molecule has 0 aliphatic rings. The van der Waals surface area contributed by atoms with Crippen LogP contribution in [0, 0.1) is 29.8 Å². The molecule has 20 heavy (non-hydrogen) atoms. The van der Waals surface area contributed by atoms with Crippen molar-refractivity contribution in [1.82, 2.24) is 10.5 Å². The highest BCUT2D eigenvalue weighted by molar-refractivity contribution is 5.35.